The molecule has 1 N–H and O–H groups in total. The number of nitrogens with zero attached hydrogens (tertiary/aromatic N) is 2. The molecule has 2 fully saturated rings. The predicted molar refractivity (Wildman–Crippen MR) is 64.2 cm³/mol. The second kappa shape index (κ2) is 5.67. The number of carboxylic acids is 1. The van der Waals surface area contributed by atoms with E-state index >= 15 is 0 Å². The van der Waals surface area contributed by atoms with E-state index in [1.54, 1.807) is 16.8 Å². The quantitative estimate of drug-likeness (QED) is 0.747. The van der Waals surface area contributed by atoms with E-state index in [-0.39, 0.29) is 18.6 Å². The first-order valence-corrected chi connectivity index (χ1v) is 6.37. The van der Waals surface area contributed by atoms with Gasteiger partial charge in [-0.05, 0) is 19.9 Å². The molecule has 2 atom stereocenters. The number of ether oxygens (including phenoxy) is 1. The highest BCUT2D eigenvalue weighted by Gasteiger charge is 2.32. The molecule has 6 nitrogen and oxygen atoms in total. The van der Waals surface area contributed by atoms with Crippen molar-refractivity contribution in [2.45, 2.75) is 18.9 Å². The minimum atomic E-state index is -0.839. The minimum absolute atomic E-state index is 0.00301. The molecule has 1 amide bonds. The summed E-state index contributed by atoms with van der Waals surface area (Å²) in [5.41, 5.74) is 0. The topological polar surface area (TPSA) is 70.1 Å². The molecule has 0 aromatic carbocycles. The number of rotatable bonds is 3. The average molecular weight is 256 g/mol. The van der Waals surface area contributed by atoms with Gasteiger partial charge in [0.15, 0.2) is 0 Å². The van der Waals surface area contributed by atoms with Gasteiger partial charge in [-0.1, -0.05) is 0 Å². The van der Waals surface area contributed by atoms with E-state index in [1.165, 1.54) is 0 Å². The lowest BCUT2D eigenvalue weighted by Gasteiger charge is -2.25. The lowest BCUT2D eigenvalue weighted by atomic mass is 10.1. The maximum Gasteiger partial charge on any atom is 0.309 e. The highest BCUT2D eigenvalue weighted by Crippen LogP contribution is 2.16. The fourth-order valence-electron chi connectivity index (χ4n) is 2.56. The Morgan fingerprint density at radius 1 is 1.50 bits per heavy atom. The van der Waals surface area contributed by atoms with Crippen LogP contribution >= 0.6 is 0 Å². The molecule has 6 heteroatoms. The minimum Gasteiger partial charge on any atom is -0.481 e. The molecular weight excluding hydrogens is 236 g/mol. The standard InChI is InChI=1S/C12H20N2O4/c1-13-5-9(12(16)17)6-14(11(15)8-13)7-10-3-2-4-18-10/h9-10H,2-8H2,1H3,(H,16,17). The Bertz CT molecular complexity index is 328. The molecule has 18 heavy (non-hydrogen) atoms. The molecule has 0 aromatic rings. The molecule has 0 aliphatic carbocycles. The molecule has 102 valence electrons. The van der Waals surface area contributed by atoms with E-state index in [9.17, 15) is 9.59 Å². The van der Waals surface area contributed by atoms with Crippen molar-refractivity contribution < 1.29 is 19.4 Å². The Hall–Kier alpha value is -1.14. The Morgan fingerprint density at radius 2 is 2.28 bits per heavy atom. The zero-order valence-electron chi connectivity index (χ0n) is 10.7. The monoisotopic (exact) mass is 256 g/mol. The lowest BCUT2D eigenvalue weighted by molar-refractivity contribution is -0.143. The smallest absolute Gasteiger partial charge is 0.309 e. The molecule has 0 saturated carbocycles. The van der Waals surface area contributed by atoms with Gasteiger partial charge in [0.25, 0.3) is 0 Å². The van der Waals surface area contributed by atoms with Crippen molar-refractivity contribution in [2.75, 3.05) is 39.8 Å². The van der Waals surface area contributed by atoms with Crippen LogP contribution in [-0.2, 0) is 14.3 Å². The van der Waals surface area contributed by atoms with Gasteiger partial charge in [-0.15, -0.1) is 0 Å². The number of carbonyl (C=O) groups excluding carboxylic acids is 1. The number of carboxylic acid groups (broad SMARTS) is 1. The third kappa shape index (κ3) is 3.20. The number of likely N-dealkylation sites (N-methyl/N-ethyl adjacent to an activating group) is 1. The van der Waals surface area contributed by atoms with Gasteiger partial charge in [0.05, 0.1) is 18.6 Å². The summed E-state index contributed by atoms with van der Waals surface area (Å²) in [6.45, 7) is 2.27. The largest absolute Gasteiger partial charge is 0.481 e. The zero-order chi connectivity index (χ0) is 13.1. The molecular formula is C12H20N2O4. The van der Waals surface area contributed by atoms with E-state index < -0.39 is 11.9 Å². The van der Waals surface area contributed by atoms with E-state index in [0.717, 1.165) is 19.4 Å². The maximum absolute atomic E-state index is 12.0. The Labute approximate surface area is 106 Å². The molecule has 0 aromatic heterocycles. The number of carbonyl (C=O) groups is 2. The van der Waals surface area contributed by atoms with Crippen molar-refractivity contribution in [3.8, 4) is 0 Å². The number of hydrogen-bond donors (Lipinski definition) is 1. The van der Waals surface area contributed by atoms with Crippen LogP contribution in [0.15, 0.2) is 0 Å². The van der Waals surface area contributed by atoms with Gasteiger partial charge in [0.2, 0.25) is 5.91 Å². The van der Waals surface area contributed by atoms with Crippen LogP contribution in [0.25, 0.3) is 0 Å². The SMILES string of the molecule is CN1CC(=O)N(CC2CCCO2)CC(C(=O)O)C1. The molecule has 2 aliphatic heterocycles. The third-order valence-electron chi connectivity index (χ3n) is 3.53. The van der Waals surface area contributed by atoms with E-state index in [1.807, 2.05) is 0 Å². The molecule has 0 spiro atoms. The fourth-order valence-corrected chi connectivity index (χ4v) is 2.56. The van der Waals surface area contributed by atoms with Crippen LogP contribution in [0.1, 0.15) is 12.8 Å². The van der Waals surface area contributed by atoms with Crippen molar-refractivity contribution in [1.82, 2.24) is 9.80 Å². The van der Waals surface area contributed by atoms with Gasteiger partial charge in [-0.2, -0.15) is 0 Å². The van der Waals surface area contributed by atoms with Gasteiger partial charge < -0.3 is 14.7 Å². The number of hydrogen-bond acceptors (Lipinski definition) is 4. The van der Waals surface area contributed by atoms with Crippen LogP contribution in [0, 0.1) is 5.92 Å². The second-order valence-electron chi connectivity index (χ2n) is 5.17. The van der Waals surface area contributed by atoms with Crippen molar-refractivity contribution >= 4 is 11.9 Å². The first kappa shape index (κ1) is 13.3. The normalized spacial score (nSPS) is 30.5. The zero-order valence-corrected chi connectivity index (χ0v) is 10.7. The summed E-state index contributed by atoms with van der Waals surface area (Å²) < 4.78 is 5.51. The summed E-state index contributed by atoms with van der Waals surface area (Å²) in [6.07, 6.45) is 2.05. The van der Waals surface area contributed by atoms with Crippen LogP contribution in [0.4, 0.5) is 0 Å². The lowest BCUT2D eigenvalue weighted by Crippen LogP contribution is -2.41. The van der Waals surface area contributed by atoms with Crippen LogP contribution in [0.3, 0.4) is 0 Å². The van der Waals surface area contributed by atoms with Gasteiger partial charge in [-0.25, -0.2) is 0 Å². The number of aliphatic carboxylic acids is 1. The van der Waals surface area contributed by atoms with E-state index in [4.69, 9.17) is 9.84 Å². The first-order valence-electron chi connectivity index (χ1n) is 6.37. The Kier molecular flexibility index (Phi) is 4.19. The van der Waals surface area contributed by atoms with E-state index in [0.29, 0.717) is 19.6 Å². The average Bonchev–Trinajstić information content (AvgIpc) is 2.74. The molecule has 2 rings (SSSR count). The molecule has 0 radical (unpaired) electrons. The third-order valence-corrected chi connectivity index (χ3v) is 3.53. The predicted octanol–water partition coefficient (Wildman–Crippen LogP) is -0.360. The van der Waals surface area contributed by atoms with E-state index in [2.05, 4.69) is 0 Å². The summed E-state index contributed by atoms with van der Waals surface area (Å²) in [5, 5.41) is 9.15. The molecule has 2 heterocycles. The maximum atomic E-state index is 12.0. The van der Waals surface area contributed by atoms with Crippen molar-refractivity contribution in [1.29, 1.82) is 0 Å². The Balaban J connectivity index is 2.01. The molecule has 2 unspecified atom stereocenters. The Morgan fingerprint density at radius 3 is 2.89 bits per heavy atom. The molecule has 2 saturated heterocycles. The van der Waals surface area contributed by atoms with Crippen molar-refractivity contribution in [3.05, 3.63) is 0 Å². The fraction of sp³-hybridized carbons (Fsp3) is 0.833. The molecule has 0 bridgehead atoms. The highest BCUT2D eigenvalue weighted by atomic mass is 16.5. The van der Waals surface area contributed by atoms with Gasteiger partial charge >= 0.3 is 5.97 Å². The molecule has 2 aliphatic rings. The summed E-state index contributed by atoms with van der Waals surface area (Å²) in [6, 6.07) is 0. The second-order valence-corrected chi connectivity index (χ2v) is 5.17. The highest BCUT2D eigenvalue weighted by molar-refractivity contribution is 5.80. The summed E-state index contributed by atoms with van der Waals surface area (Å²) in [4.78, 5) is 26.6. The number of amides is 1. The van der Waals surface area contributed by atoms with Crippen molar-refractivity contribution in [3.63, 3.8) is 0 Å². The van der Waals surface area contributed by atoms with Crippen LogP contribution in [-0.4, -0.2) is 72.7 Å². The van der Waals surface area contributed by atoms with Crippen LogP contribution in [0.2, 0.25) is 0 Å². The van der Waals surface area contributed by atoms with Crippen LogP contribution < -0.4 is 0 Å². The van der Waals surface area contributed by atoms with Crippen LogP contribution in [0.5, 0.6) is 0 Å². The first-order chi connectivity index (χ1) is 8.56. The summed E-state index contributed by atoms with van der Waals surface area (Å²) in [7, 11) is 1.78. The van der Waals surface area contributed by atoms with Gasteiger partial charge in [-0.3, -0.25) is 14.5 Å². The summed E-state index contributed by atoms with van der Waals surface area (Å²) in [5.74, 6) is -1.35. The van der Waals surface area contributed by atoms with Gasteiger partial charge in [0.1, 0.15) is 0 Å². The van der Waals surface area contributed by atoms with Gasteiger partial charge in [0, 0.05) is 26.2 Å². The summed E-state index contributed by atoms with van der Waals surface area (Å²) >= 11 is 0. The van der Waals surface area contributed by atoms with Crippen molar-refractivity contribution in [2.24, 2.45) is 5.92 Å².